The maximum absolute atomic E-state index is 10.6. The summed E-state index contributed by atoms with van der Waals surface area (Å²) >= 11 is 0. The Hall–Kier alpha value is -0.310. The highest BCUT2D eigenvalue weighted by molar-refractivity contribution is 7.91. The van der Waals surface area contributed by atoms with Crippen LogP contribution in [0.25, 0.3) is 0 Å². The van der Waals surface area contributed by atoms with Gasteiger partial charge in [-0.2, -0.15) is 0 Å². The molecule has 3 heteroatoms. The molecule has 0 saturated carbocycles. The van der Waals surface area contributed by atoms with Crippen LogP contribution in [-0.4, -0.2) is 19.9 Å². The highest BCUT2D eigenvalue weighted by Crippen LogP contribution is 2.00. The molecule has 0 bridgehead atoms. The topological polar surface area (TPSA) is 34.1 Å². The van der Waals surface area contributed by atoms with Gasteiger partial charge in [-0.05, 0) is 12.5 Å². The van der Waals surface area contributed by atoms with Gasteiger partial charge in [0.1, 0.15) is 0 Å². The van der Waals surface area contributed by atoms with Crippen molar-refractivity contribution in [3.05, 3.63) is 12.2 Å². The van der Waals surface area contributed by atoms with Crippen LogP contribution in [0.5, 0.6) is 0 Å². The van der Waals surface area contributed by atoms with Gasteiger partial charge in [0.05, 0.1) is 11.5 Å². The van der Waals surface area contributed by atoms with Crippen LogP contribution in [-0.2, 0) is 9.84 Å². The molecule has 1 aliphatic rings. The Morgan fingerprint density at radius 2 is 2.25 bits per heavy atom. The third-order valence-corrected chi connectivity index (χ3v) is 2.54. The van der Waals surface area contributed by atoms with Gasteiger partial charge in [-0.25, -0.2) is 8.42 Å². The van der Waals surface area contributed by atoms with Gasteiger partial charge in [0.25, 0.3) is 0 Å². The first kappa shape index (κ1) is 5.82. The van der Waals surface area contributed by atoms with Gasteiger partial charge in [0.2, 0.25) is 0 Å². The summed E-state index contributed by atoms with van der Waals surface area (Å²) in [5, 5.41) is 0. The third kappa shape index (κ3) is 1.33. The summed E-state index contributed by atoms with van der Waals surface area (Å²) in [5.41, 5.74) is 0. The maximum Gasteiger partial charge on any atom is 0.154 e. The lowest BCUT2D eigenvalue weighted by molar-refractivity contribution is 0.597. The second-order valence-electron chi connectivity index (χ2n) is 1.77. The average molecular weight is 131 g/mol. The predicted octanol–water partition coefficient (Wildman–Crippen LogP) is 0.164. The van der Waals surface area contributed by atoms with Crippen molar-refractivity contribution in [2.75, 3.05) is 11.5 Å². The summed E-state index contributed by atoms with van der Waals surface area (Å²) in [6, 6.07) is 0. The lowest BCUT2D eigenvalue weighted by atomic mass is 10.4. The number of rotatable bonds is 0. The molecule has 0 N–H and O–H groups in total. The Morgan fingerprint density at radius 1 is 1.50 bits per heavy atom. The van der Waals surface area contributed by atoms with Gasteiger partial charge in [0, 0.05) is 0 Å². The van der Waals surface area contributed by atoms with Crippen molar-refractivity contribution >= 4 is 9.84 Å². The van der Waals surface area contributed by atoms with Crippen molar-refractivity contribution in [1.82, 2.24) is 0 Å². The standard InChI is InChI=1S/C5H7O2S/c6-8(7)4-2-1-3-5-8/h2H,3-5H2. The van der Waals surface area contributed by atoms with Crippen molar-refractivity contribution in [2.24, 2.45) is 0 Å². The van der Waals surface area contributed by atoms with Crippen LogP contribution in [0.4, 0.5) is 0 Å². The molecule has 1 heterocycles. The van der Waals surface area contributed by atoms with E-state index in [4.69, 9.17) is 0 Å². The molecule has 0 aromatic carbocycles. The van der Waals surface area contributed by atoms with Crippen molar-refractivity contribution in [3.8, 4) is 0 Å². The molecule has 1 aliphatic heterocycles. The van der Waals surface area contributed by atoms with E-state index in [1.807, 2.05) is 0 Å². The second-order valence-corrected chi connectivity index (χ2v) is 4.00. The summed E-state index contributed by atoms with van der Waals surface area (Å²) in [4.78, 5) is 0. The molecule has 1 rings (SSSR count). The quantitative estimate of drug-likeness (QED) is 0.469. The fourth-order valence-electron chi connectivity index (χ4n) is 0.586. The zero-order chi connectivity index (χ0) is 6.04. The molecule has 0 amide bonds. The molecule has 0 aliphatic carbocycles. The van der Waals surface area contributed by atoms with Gasteiger partial charge >= 0.3 is 0 Å². The van der Waals surface area contributed by atoms with Crippen LogP contribution >= 0.6 is 0 Å². The Balaban J connectivity index is 2.79. The normalized spacial score (nSPS) is 25.5. The Labute approximate surface area is 49.1 Å². The van der Waals surface area contributed by atoms with E-state index in [9.17, 15) is 8.42 Å². The van der Waals surface area contributed by atoms with Gasteiger partial charge < -0.3 is 0 Å². The smallest absolute Gasteiger partial charge is 0.154 e. The van der Waals surface area contributed by atoms with Crippen molar-refractivity contribution in [3.63, 3.8) is 0 Å². The molecule has 8 heavy (non-hydrogen) atoms. The minimum absolute atomic E-state index is 0.188. The summed E-state index contributed by atoms with van der Waals surface area (Å²) in [6.45, 7) is 0. The maximum atomic E-state index is 10.6. The van der Waals surface area contributed by atoms with Crippen LogP contribution < -0.4 is 0 Å². The fraction of sp³-hybridized carbons (Fsp3) is 0.600. The molecular formula is C5H7O2S. The van der Waals surface area contributed by atoms with Crippen molar-refractivity contribution in [1.29, 1.82) is 0 Å². The minimum atomic E-state index is -2.70. The van der Waals surface area contributed by atoms with E-state index in [0.29, 0.717) is 6.42 Å². The van der Waals surface area contributed by atoms with Gasteiger partial charge in [-0.15, -0.1) is 0 Å². The van der Waals surface area contributed by atoms with Crippen LogP contribution in [0.1, 0.15) is 6.42 Å². The summed E-state index contributed by atoms with van der Waals surface area (Å²) in [5.74, 6) is 0.469. The van der Waals surface area contributed by atoms with E-state index >= 15 is 0 Å². The first-order valence-electron chi connectivity index (χ1n) is 2.46. The third-order valence-electron chi connectivity index (χ3n) is 1.04. The van der Waals surface area contributed by atoms with E-state index in [1.54, 1.807) is 6.08 Å². The van der Waals surface area contributed by atoms with E-state index in [0.717, 1.165) is 0 Å². The molecule has 0 aromatic rings. The summed E-state index contributed by atoms with van der Waals surface area (Å²) in [7, 11) is -2.70. The monoisotopic (exact) mass is 131 g/mol. The van der Waals surface area contributed by atoms with E-state index in [-0.39, 0.29) is 11.5 Å². The highest BCUT2D eigenvalue weighted by Gasteiger charge is 2.09. The molecule has 0 unspecified atom stereocenters. The molecule has 0 aromatic heterocycles. The fourth-order valence-corrected chi connectivity index (χ4v) is 1.55. The molecule has 0 saturated heterocycles. The predicted molar refractivity (Wildman–Crippen MR) is 31.1 cm³/mol. The van der Waals surface area contributed by atoms with Crippen LogP contribution in [0, 0.1) is 6.08 Å². The number of sulfone groups is 1. The minimum Gasteiger partial charge on any atom is -0.229 e. The number of hydrogen-bond acceptors (Lipinski definition) is 2. The van der Waals surface area contributed by atoms with E-state index < -0.39 is 9.84 Å². The Kier molecular flexibility index (Phi) is 1.38. The first-order chi connectivity index (χ1) is 3.71. The average Bonchev–Trinajstić information content (AvgIpc) is 1.65. The van der Waals surface area contributed by atoms with Crippen LogP contribution in [0.15, 0.2) is 6.08 Å². The lowest BCUT2D eigenvalue weighted by Crippen LogP contribution is -2.12. The molecular weight excluding hydrogens is 124 g/mol. The zero-order valence-corrected chi connectivity index (χ0v) is 5.24. The highest BCUT2D eigenvalue weighted by atomic mass is 32.2. The van der Waals surface area contributed by atoms with E-state index in [1.165, 1.54) is 0 Å². The molecule has 1 radical (unpaired) electrons. The molecule has 2 nitrogen and oxygen atoms in total. The van der Waals surface area contributed by atoms with Gasteiger partial charge in [-0.3, -0.25) is 0 Å². The number of hydrogen-bond donors (Lipinski definition) is 0. The van der Waals surface area contributed by atoms with Crippen LogP contribution in [0.3, 0.4) is 0 Å². The SMILES string of the molecule is O=S1(=O)CC=[C]CC1. The largest absolute Gasteiger partial charge is 0.229 e. The summed E-state index contributed by atoms with van der Waals surface area (Å²) < 4.78 is 21.2. The summed E-state index contributed by atoms with van der Waals surface area (Å²) in [6.07, 6.45) is 4.99. The van der Waals surface area contributed by atoms with E-state index in [2.05, 4.69) is 6.08 Å². The molecule has 0 fully saturated rings. The second kappa shape index (κ2) is 1.90. The van der Waals surface area contributed by atoms with Gasteiger partial charge in [0.15, 0.2) is 9.84 Å². The van der Waals surface area contributed by atoms with Crippen molar-refractivity contribution < 1.29 is 8.42 Å². The molecule has 0 spiro atoms. The lowest BCUT2D eigenvalue weighted by Gasteiger charge is -2.01. The number of allylic oxidation sites excluding steroid dienone is 1. The Bertz CT molecular complexity index is 188. The van der Waals surface area contributed by atoms with Crippen LogP contribution in [0.2, 0.25) is 0 Å². The first-order valence-corrected chi connectivity index (χ1v) is 4.28. The van der Waals surface area contributed by atoms with Gasteiger partial charge in [-0.1, -0.05) is 6.08 Å². The zero-order valence-electron chi connectivity index (χ0n) is 4.42. The molecule has 45 valence electrons. The molecule has 0 atom stereocenters. The van der Waals surface area contributed by atoms with Crippen molar-refractivity contribution in [2.45, 2.75) is 6.42 Å². The Morgan fingerprint density at radius 3 is 2.50 bits per heavy atom.